The molecule has 0 aromatic carbocycles. The van der Waals surface area contributed by atoms with Crippen LogP contribution in [0.15, 0.2) is 0 Å². The number of hydrogen-bond donors (Lipinski definition) is 2. The van der Waals surface area contributed by atoms with Crippen molar-refractivity contribution in [1.82, 2.24) is 5.32 Å². The van der Waals surface area contributed by atoms with Gasteiger partial charge in [0.25, 0.3) is 0 Å². The average molecular weight is 262 g/mol. The SMILES string of the molecule is CC(C)C[C@H](N)C(=O)NC1CCCS(=O)(=O)C1. The lowest BCUT2D eigenvalue weighted by atomic mass is 10.0. The van der Waals surface area contributed by atoms with Crippen molar-refractivity contribution in [1.29, 1.82) is 0 Å². The third-order valence-corrected chi connectivity index (χ3v) is 4.69. The highest BCUT2D eigenvalue weighted by Gasteiger charge is 2.27. The number of nitrogens with one attached hydrogen (secondary N) is 1. The predicted octanol–water partition coefficient (Wildman–Crippen LogP) is 0.0532. The molecule has 1 heterocycles. The molecule has 1 fully saturated rings. The van der Waals surface area contributed by atoms with Crippen molar-refractivity contribution in [3.05, 3.63) is 0 Å². The Kier molecular flexibility index (Phi) is 4.94. The van der Waals surface area contributed by atoms with Gasteiger partial charge >= 0.3 is 0 Å². The van der Waals surface area contributed by atoms with Crippen molar-refractivity contribution in [2.45, 2.75) is 45.2 Å². The lowest BCUT2D eigenvalue weighted by molar-refractivity contribution is -0.123. The van der Waals surface area contributed by atoms with E-state index < -0.39 is 15.9 Å². The summed E-state index contributed by atoms with van der Waals surface area (Å²) in [5.74, 6) is 0.400. The Bertz CT molecular complexity index is 365. The monoisotopic (exact) mass is 262 g/mol. The zero-order valence-electron chi connectivity index (χ0n) is 10.5. The van der Waals surface area contributed by atoms with Gasteiger partial charge < -0.3 is 11.1 Å². The highest BCUT2D eigenvalue weighted by atomic mass is 32.2. The second kappa shape index (κ2) is 5.82. The van der Waals surface area contributed by atoms with Crippen LogP contribution in [0.1, 0.15) is 33.1 Å². The van der Waals surface area contributed by atoms with Gasteiger partial charge in [0.2, 0.25) is 5.91 Å². The number of amides is 1. The molecule has 0 bridgehead atoms. The van der Waals surface area contributed by atoms with Gasteiger partial charge in [0.1, 0.15) is 0 Å². The molecule has 1 aliphatic heterocycles. The molecule has 5 nitrogen and oxygen atoms in total. The van der Waals surface area contributed by atoms with Gasteiger partial charge in [0, 0.05) is 6.04 Å². The van der Waals surface area contributed by atoms with Crippen molar-refractivity contribution in [3.8, 4) is 0 Å². The summed E-state index contributed by atoms with van der Waals surface area (Å²) in [5.41, 5.74) is 5.74. The van der Waals surface area contributed by atoms with Gasteiger partial charge in [-0.05, 0) is 25.2 Å². The average Bonchev–Trinajstić information content (AvgIpc) is 2.14. The van der Waals surface area contributed by atoms with Gasteiger partial charge in [-0.1, -0.05) is 13.8 Å². The second-order valence-corrected chi connectivity index (χ2v) is 7.43. The molecule has 0 aromatic rings. The van der Waals surface area contributed by atoms with E-state index in [1.807, 2.05) is 13.8 Å². The summed E-state index contributed by atoms with van der Waals surface area (Å²) in [4.78, 5) is 11.7. The molecule has 17 heavy (non-hydrogen) atoms. The normalized spacial score (nSPS) is 25.5. The molecule has 0 aliphatic carbocycles. The lowest BCUT2D eigenvalue weighted by Gasteiger charge is -2.24. The van der Waals surface area contributed by atoms with E-state index in [4.69, 9.17) is 5.73 Å². The number of rotatable bonds is 4. The Morgan fingerprint density at radius 1 is 1.47 bits per heavy atom. The summed E-state index contributed by atoms with van der Waals surface area (Å²) in [7, 11) is -2.98. The Labute approximate surface area is 103 Å². The first-order valence-electron chi connectivity index (χ1n) is 6.06. The largest absolute Gasteiger partial charge is 0.351 e. The van der Waals surface area contributed by atoms with Crippen LogP contribution in [0, 0.1) is 5.92 Å². The number of sulfone groups is 1. The van der Waals surface area contributed by atoms with Crippen LogP contribution < -0.4 is 11.1 Å². The van der Waals surface area contributed by atoms with Gasteiger partial charge in [-0.3, -0.25) is 4.79 Å². The number of nitrogens with two attached hydrogens (primary N) is 1. The molecule has 100 valence electrons. The van der Waals surface area contributed by atoms with Crippen LogP contribution in [0.25, 0.3) is 0 Å². The molecule has 1 unspecified atom stereocenters. The first-order chi connectivity index (χ1) is 7.80. The van der Waals surface area contributed by atoms with Crippen molar-refractivity contribution >= 4 is 15.7 Å². The number of carbonyl (C=O) groups is 1. The molecule has 3 N–H and O–H groups in total. The first-order valence-corrected chi connectivity index (χ1v) is 7.88. The molecule has 0 aromatic heterocycles. The van der Waals surface area contributed by atoms with E-state index in [1.165, 1.54) is 0 Å². The van der Waals surface area contributed by atoms with E-state index in [0.29, 0.717) is 18.8 Å². The van der Waals surface area contributed by atoms with Gasteiger partial charge in [0.05, 0.1) is 17.5 Å². The van der Waals surface area contributed by atoms with Crippen LogP contribution in [0.3, 0.4) is 0 Å². The third kappa shape index (κ3) is 5.04. The zero-order chi connectivity index (χ0) is 13.1. The predicted molar refractivity (Wildman–Crippen MR) is 67.2 cm³/mol. The second-order valence-electron chi connectivity index (χ2n) is 5.20. The van der Waals surface area contributed by atoms with Gasteiger partial charge in [-0.15, -0.1) is 0 Å². The quantitative estimate of drug-likeness (QED) is 0.749. The smallest absolute Gasteiger partial charge is 0.237 e. The molecule has 1 amide bonds. The highest BCUT2D eigenvalue weighted by Crippen LogP contribution is 2.12. The molecule has 1 rings (SSSR count). The minimum Gasteiger partial charge on any atom is -0.351 e. The third-order valence-electron chi connectivity index (χ3n) is 2.87. The molecular weight excluding hydrogens is 240 g/mol. The fraction of sp³-hybridized carbons (Fsp3) is 0.909. The Hall–Kier alpha value is -0.620. The zero-order valence-corrected chi connectivity index (χ0v) is 11.3. The van der Waals surface area contributed by atoms with Crippen molar-refractivity contribution < 1.29 is 13.2 Å². The first kappa shape index (κ1) is 14.4. The molecule has 1 saturated heterocycles. The molecule has 6 heteroatoms. The standard InChI is InChI=1S/C11H22N2O3S/c1-8(2)6-10(12)11(14)13-9-4-3-5-17(15,16)7-9/h8-10H,3-7,12H2,1-2H3,(H,13,14)/t9?,10-/m0/s1. The summed E-state index contributed by atoms with van der Waals surface area (Å²) in [5, 5.41) is 2.74. The molecule has 0 radical (unpaired) electrons. The van der Waals surface area contributed by atoms with Crippen LogP contribution in [-0.4, -0.2) is 37.9 Å². The van der Waals surface area contributed by atoms with E-state index in [2.05, 4.69) is 5.32 Å². The Balaban J connectivity index is 2.46. The number of hydrogen-bond acceptors (Lipinski definition) is 4. The maximum absolute atomic E-state index is 11.7. The van der Waals surface area contributed by atoms with Crippen LogP contribution in [0.2, 0.25) is 0 Å². The van der Waals surface area contributed by atoms with Gasteiger partial charge in [-0.2, -0.15) is 0 Å². The lowest BCUT2D eigenvalue weighted by Crippen LogP contribution is -2.49. The minimum atomic E-state index is -2.98. The van der Waals surface area contributed by atoms with Crippen LogP contribution in [0.4, 0.5) is 0 Å². The molecule has 0 saturated carbocycles. The summed E-state index contributed by atoms with van der Waals surface area (Å²) in [6.07, 6.45) is 1.96. The van der Waals surface area contributed by atoms with Crippen LogP contribution in [0.5, 0.6) is 0 Å². The Morgan fingerprint density at radius 3 is 2.65 bits per heavy atom. The maximum Gasteiger partial charge on any atom is 0.237 e. The summed E-state index contributed by atoms with van der Waals surface area (Å²) in [6.45, 7) is 4.00. The minimum absolute atomic E-state index is 0.0487. The van der Waals surface area contributed by atoms with Crippen LogP contribution >= 0.6 is 0 Å². The summed E-state index contributed by atoms with van der Waals surface area (Å²) in [6, 6.07) is -0.806. The molecule has 2 atom stereocenters. The Morgan fingerprint density at radius 2 is 2.12 bits per heavy atom. The summed E-state index contributed by atoms with van der Waals surface area (Å²) >= 11 is 0. The maximum atomic E-state index is 11.7. The molecular formula is C11H22N2O3S. The van der Waals surface area contributed by atoms with E-state index in [9.17, 15) is 13.2 Å². The topological polar surface area (TPSA) is 89.3 Å². The summed E-state index contributed by atoms with van der Waals surface area (Å²) < 4.78 is 22.8. The fourth-order valence-corrected chi connectivity index (χ4v) is 3.70. The van der Waals surface area contributed by atoms with Crippen molar-refractivity contribution in [2.24, 2.45) is 11.7 Å². The van der Waals surface area contributed by atoms with Gasteiger partial charge in [-0.25, -0.2) is 8.42 Å². The van der Waals surface area contributed by atoms with E-state index in [0.717, 1.165) is 6.42 Å². The fourth-order valence-electron chi connectivity index (χ4n) is 2.06. The highest BCUT2D eigenvalue weighted by molar-refractivity contribution is 7.91. The van der Waals surface area contributed by atoms with Crippen LogP contribution in [-0.2, 0) is 14.6 Å². The van der Waals surface area contributed by atoms with Crippen molar-refractivity contribution in [2.75, 3.05) is 11.5 Å². The number of carbonyl (C=O) groups excluding carboxylic acids is 1. The van der Waals surface area contributed by atoms with Crippen molar-refractivity contribution in [3.63, 3.8) is 0 Å². The van der Waals surface area contributed by atoms with E-state index in [-0.39, 0.29) is 23.5 Å². The van der Waals surface area contributed by atoms with Gasteiger partial charge in [0.15, 0.2) is 9.84 Å². The molecule has 0 spiro atoms. The molecule has 1 aliphatic rings. The van der Waals surface area contributed by atoms with E-state index >= 15 is 0 Å². The van der Waals surface area contributed by atoms with E-state index in [1.54, 1.807) is 0 Å².